The van der Waals surface area contributed by atoms with Gasteiger partial charge in [0.05, 0.1) is 17.9 Å². The molecule has 6 heteroatoms. The molecule has 4 nitrogen and oxygen atoms in total. The van der Waals surface area contributed by atoms with Gasteiger partial charge in [0, 0.05) is 6.07 Å². The first-order valence-electron chi connectivity index (χ1n) is 3.40. The SMILES string of the molecule is O=c1[nH]c(C(F)F)cc(O)c1CO. The second-order valence-corrected chi connectivity index (χ2v) is 2.38. The predicted molar refractivity (Wildman–Crippen MR) is 39.6 cm³/mol. The number of H-pyrrole nitrogens is 1. The van der Waals surface area contributed by atoms with E-state index >= 15 is 0 Å². The van der Waals surface area contributed by atoms with Gasteiger partial charge in [-0.2, -0.15) is 0 Å². The van der Waals surface area contributed by atoms with Gasteiger partial charge in [-0.25, -0.2) is 8.78 Å². The molecule has 1 aromatic rings. The molecule has 3 N–H and O–H groups in total. The van der Waals surface area contributed by atoms with Crippen LogP contribution in [0.4, 0.5) is 8.78 Å². The molecule has 0 unspecified atom stereocenters. The Labute approximate surface area is 71.5 Å². The quantitative estimate of drug-likeness (QED) is 0.637. The lowest BCUT2D eigenvalue weighted by Crippen LogP contribution is -2.14. The van der Waals surface area contributed by atoms with Gasteiger partial charge in [0.1, 0.15) is 5.75 Å². The minimum Gasteiger partial charge on any atom is -0.507 e. The summed E-state index contributed by atoms with van der Waals surface area (Å²) in [5.41, 5.74) is -1.89. The van der Waals surface area contributed by atoms with Crippen LogP contribution in [-0.2, 0) is 6.61 Å². The largest absolute Gasteiger partial charge is 0.507 e. The Morgan fingerprint density at radius 2 is 2.15 bits per heavy atom. The number of nitrogens with one attached hydrogen (secondary N) is 1. The number of hydrogen-bond donors (Lipinski definition) is 3. The number of alkyl halides is 2. The summed E-state index contributed by atoms with van der Waals surface area (Å²) >= 11 is 0. The van der Waals surface area contributed by atoms with Crippen molar-refractivity contribution in [1.82, 2.24) is 4.98 Å². The minimum absolute atomic E-state index is 0.315. The Bertz CT molecular complexity index is 361. The number of pyridine rings is 1. The van der Waals surface area contributed by atoms with Gasteiger partial charge in [0.2, 0.25) is 0 Å². The maximum atomic E-state index is 12.0. The maximum absolute atomic E-state index is 12.0. The monoisotopic (exact) mass is 191 g/mol. The minimum atomic E-state index is -2.86. The van der Waals surface area contributed by atoms with E-state index in [9.17, 15) is 13.6 Å². The molecule has 13 heavy (non-hydrogen) atoms. The van der Waals surface area contributed by atoms with Gasteiger partial charge >= 0.3 is 0 Å². The third-order valence-corrected chi connectivity index (χ3v) is 1.53. The molecule has 0 saturated carbocycles. The zero-order valence-electron chi connectivity index (χ0n) is 6.42. The van der Waals surface area contributed by atoms with Gasteiger partial charge in [-0.1, -0.05) is 0 Å². The van der Waals surface area contributed by atoms with Crippen molar-refractivity contribution in [2.24, 2.45) is 0 Å². The molecule has 0 atom stereocenters. The first kappa shape index (κ1) is 9.66. The summed E-state index contributed by atoms with van der Waals surface area (Å²) in [6.07, 6.45) is -2.86. The second kappa shape index (κ2) is 3.53. The van der Waals surface area contributed by atoms with Crippen LogP contribution < -0.4 is 5.56 Å². The summed E-state index contributed by atoms with van der Waals surface area (Å²) in [6, 6.07) is 0.720. The molecule has 0 aliphatic rings. The van der Waals surface area contributed by atoms with Gasteiger partial charge < -0.3 is 15.2 Å². The van der Waals surface area contributed by atoms with E-state index in [0.717, 1.165) is 6.07 Å². The van der Waals surface area contributed by atoms with Crippen molar-refractivity contribution in [3.05, 3.63) is 27.7 Å². The highest BCUT2D eigenvalue weighted by molar-refractivity contribution is 5.31. The molecule has 1 rings (SSSR count). The van der Waals surface area contributed by atoms with E-state index in [1.54, 1.807) is 0 Å². The lowest BCUT2D eigenvalue weighted by Gasteiger charge is -2.03. The maximum Gasteiger partial charge on any atom is 0.278 e. The fourth-order valence-corrected chi connectivity index (χ4v) is 0.864. The predicted octanol–water partition coefficient (Wildman–Crippen LogP) is 0.510. The lowest BCUT2D eigenvalue weighted by molar-refractivity contribution is 0.145. The van der Waals surface area contributed by atoms with Gasteiger partial charge in [-0.15, -0.1) is 0 Å². The van der Waals surface area contributed by atoms with Crippen LogP contribution in [0.1, 0.15) is 17.7 Å². The Kier molecular flexibility index (Phi) is 2.62. The van der Waals surface area contributed by atoms with Gasteiger partial charge in [-0.05, 0) is 0 Å². The summed E-state index contributed by atoms with van der Waals surface area (Å²) in [4.78, 5) is 12.7. The van der Waals surface area contributed by atoms with E-state index in [0.29, 0.717) is 0 Å². The number of hydrogen-bond acceptors (Lipinski definition) is 3. The van der Waals surface area contributed by atoms with Crippen LogP contribution in [0, 0.1) is 0 Å². The van der Waals surface area contributed by atoms with Crippen molar-refractivity contribution in [1.29, 1.82) is 0 Å². The van der Waals surface area contributed by atoms with Crippen LogP contribution in [0.25, 0.3) is 0 Å². The van der Waals surface area contributed by atoms with Crippen LogP contribution in [0.3, 0.4) is 0 Å². The lowest BCUT2D eigenvalue weighted by atomic mass is 10.2. The summed E-state index contributed by atoms with van der Waals surface area (Å²) in [5.74, 6) is -0.624. The highest BCUT2D eigenvalue weighted by atomic mass is 19.3. The summed E-state index contributed by atoms with van der Waals surface area (Å²) in [6.45, 7) is -0.690. The fraction of sp³-hybridized carbons (Fsp3) is 0.286. The summed E-state index contributed by atoms with van der Waals surface area (Å²) < 4.78 is 24.0. The number of aliphatic hydroxyl groups excluding tert-OH is 1. The molecule has 72 valence electrons. The normalized spacial score (nSPS) is 10.8. The van der Waals surface area contributed by atoms with E-state index in [2.05, 4.69) is 0 Å². The Balaban J connectivity index is 3.29. The standard InChI is InChI=1S/C7H7F2NO3/c8-6(9)4-1-5(12)3(2-11)7(13)10-4/h1,6,11H,2H2,(H2,10,12,13). The number of rotatable bonds is 2. The van der Waals surface area contributed by atoms with Crippen LogP contribution >= 0.6 is 0 Å². The average Bonchev–Trinajstić information content (AvgIpc) is 2.03. The Hall–Kier alpha value is -1.43. The summed E-state index contributed by atoms with van der Waals surface area (Å²) in [7, 11) is 0. The van der Waals surface area contributed by atoms with Crippen LogP contribution in [0.5, 0.6) is 5.75 Å². The third kappa shape index (κ3) is 1.83. The van der Waals surface area contributed by atoms with E-state index in [4.69, 9.17) is 10.2 Å². The van der Waals surface area contributed by atoms with Crippen LogP contribution in [0.2, 0.25) is 0 Å². The number of aromatic amines is 1. The van der Waals surface area contributed by atoms with Crippen molar-refractivity contribution in [3.63, 3.8) is 0 Å². The Morgan fingerprint density at radius 1 is 1.54 bits per heavy atom. The highest BCUT2D eigenvalue weighted by Crippen LogP contribution is 2.20. The van der Waals surface area contributed by atoms with E-state index < -0.39 is 30.0 Å². The molecule has 0 saturated heterocycles. The van der Waals surface area contributed by atoms with Crippen LogP contribution in [-0.4, -0.2) is 15.2 Å². The van der Waals surface area contributed by atoms with E-state index in [1.165, 1.54) is 0 Å². The topological polar surface area (TPSA) is 73.3 Å². The molecule has 0 amide bonds. The number of aliphatic hydroxyl groups is 1. The number of aromatic nitrogens is 1. The van der Waals surface area contributed by atoms with Crippen molar-refractivity contribution < 1.29 is 19.0 Å². The van der Waals surface area contributed by atoms with Crippen molar-refractivity contribution in [2.45, 2.75) is 13.0 Å². The van der Waals surface area contributed by atoms with Crippen molar-refractivity contribution in [3.8, 4) is 5.75 Å². The fourth-order valence-electron chi connectivity index (χ4n) is 0.864. The molecule has 0 bridgehead atoms. The van der Waals surface area contributed by atoms with E-state index in [-0.39, 0.29) is 5.56 Å². The molecule has 1 heterocycles. The average molecular weight is 191 g/mol. The second-order valence-electron chi connectivity index (χ2n) is 2.38. The molecule has 1 aromatic heterocycles. The molecular formula is C7H7F2NO3. The molecule has 0 spiro atoms. The number of aromatic hydroxyl groups is 1. The van der Waals surface area contributed by atoms with E-state index in [1.807, 2.05) is 4.98 Å². The molecule has 0 aliphatic carbocycles. The zero-order valence-corrected chi connectivity index (χ0v) is 6.42. The molecule has 0 aliphatic heterocycles. The molecule has 0 aromatic carbocycles. The molecular weight excluding hydrogens is 184 g/mol. The first-order valence-corrected chi connectivity index (χ1v) is 3.40. The molecule has 0 fully saturated rings. The Morgan fingerprint density at radius 3 is 2.54 bits per heavy atom. The third-order valence-electron chi connectivity index (χ3n) is 1.53. The first-order chi connectivity index (χ1) is 6.06. The van der Waals surface area contributed by atoms with Crippen LogP contribution in [0.15, 0.2) is 10.9 Å². The van der Waals surface area contributed by atoms with Crippen molar-refractivity contribution >= 4 is 0 Å². The highest BCUT2D eigenvalue weighted by Gasteiger charge is 2.13. The summed E-state index contributed by atoms with van der Waals surface area (Å²) in [5, 5.41) is 17.6. The van der Waals surface area contributed by atoms with Crippen molar-refractivity contribution in [2.75, 3.05) is 0 Å². The van der Waals surface area contributed by atoms with Gasteiger partial charge in [-0.3, -0.25) is 4.79 Å². The number of halogens is 2. The van der Waals surface area contributed by atoms with Gasteiger partial charge in [0.15, 0.2) is 0 Å². The zero-order chi connectivity index (χ0) is 10.0. The smallest absolute Gasteiger partial charge is 0.278 e. The molecule has 0 radical (unpaired) electrons. The van der Waals surface area contributed by atoms with Gasteiger partial charge in [0.25, 0.3) is 12.0 Å².